The van der Waals surface area contributed by atoms with Crippen molar-refractivity contribution < 1.29 is 19.1 Å². The topological polar surface area (TPSA) is 102 Å². The molecule has 4 atom stereocenters. The first-order valence-electron chi connectivity index (χ1n) is 10.0. The van der Waals surface area contributed by atoms with Crippen molar-refractivity contribution in [3.8, 4) is 0 Å². The van der Waals surface area contributed by atoms with E-state index in [0.29, 0.717) is 24.4 Å². The fourth-order valence-corrected chi connectivity index (χ4v) is 4.84. The number of nitrogens with one attached hydrogen (secondary N) is 1. The van der Waals surface area contributed by atoms with Crippen LogP contribution >= 0.6 is 0 Å². The molecule has 0 aromatic heterocycles. The van der Waals surface area contributed by atoms with Gasteiger partial charge in [0, 0.05) is 31.7 Å². The van der Waals surface area contributed by atoms with Crippen molar-refractivity contribution in [3.63, 3.8) is 0 Å². The van der Waals surface area contributed by atoms with Gasteiger partial charge in [0.1, 0.15) is 6.04 Å². The number of rotatable bonds is 4. The second kappa shape index (κ2) is 7.64. The molecule has 0 radical (unpaired) electrons. The molecule has 0 bridgehead atoms. The molecule has 1 saturated heterocycles. The molecule has 4 rings (SSSR count). The Kier molecular flexibility index (Phi) is 5.21. The summed E-state index contributed by atoms with van der Waals surface area (Å²) in [4.78, 5) is 37.9. The van der Waals surface area contributed by atoms with Crippen molar-refractivity contribution in [2.45, 2.75) is 63.3 Å². The van der Waals surface area contributed by atoms with E-state index >= 15 is 0 Å². The third kappa shape index (κ3) is 3.44. The highest BCUT2D eigenvalue weighted by atomic mass is 16.5. The van der Waals surface area contributed by atoms with E-state index in [1.165, 1.54) is 0 Å². The number of imide groups is 1. The monoisotopic (exact) mass is 385 g/mol. The SMILES string of the molecule is CO[C@@H]1CCC[C@H](Cc2ccc3c(c2)CN(C2CCC(=O)NC2=O)C3=O)[C@H]1N. The van der Waals surface area contributed by atoms with Gasteiger partial charge in [-0.1, -0.05) is 18.6 Å². The summed E-state index contributed by atoms with van der Waals surface area (Å²) in [7, 11) is 1.72. The molecule has 0 spiro atoms. The number of hydrogen-bond acceptors (Lipinski definition) is 5. The molecule has 150 valence electrons. The van der Waals surface area contributed by atoms with Gasteiger partial charge >= 0.3 is 0 Å². The van der Waals surface area contributed by atoms with Gasteiger partial charge < -0.3 is 15.4 Å². The Balaban J connectivity index is 1.48. The minimum atomic E-state index is -0.574. The molecule has 2 heterocycles. The molecule has 28 heavy (non-hydrogen) atoms. The van der Waals surface area contributed by atoms with Gasteiger partial charge in [0.05, 0.1) is 6.10 Å². The van der Waals surface area contributed by atoms with Crippen molar-refractivity contribution in [3.05, 3.63) is 34.9 Å². The number of carbonyl (C=O) groups excluding carboxylic acids is 3. The van der Waals surface area contributed by atoms with Gasteiger partial charge in [0.25, 0.3) is 5.91 Å². The van der Waals surface area contributed by atoms with Crippen LogP contribution < -0.4 is 11.1 Å². The summed E-state index contributed by atoms with van der Waals surface area (Å²) in [6.45, 7) is 0.408. The van der Waals surface area contributed by atoms with Gasteiger partial charge in [-0.15, -0.1) is 0 Å². The Morgan fingerprint density at radius 2 is 2.04 bits per heavy atom. The van der Waals surface area contributed by atoms with Crippen molar-refractivity contribution in [2.24, 2.45) is 11.7 Å². The van der Waals surface area contributed by atoms with E-state index in [2.05, 4.69) is 11.4 Å². The first kappa shape index (κ1) is 19.1. The van der Waals surface area contributed by atoms with Crippen LogP contribution in [0, 0.1) is 5.92 Å². The molecule has 3 aliphatic rings. The number of amides is 3. The maximum atomic E-state index is 12.8. The lowest BCUT2D eigenvalue weighted by molar-refractivity contribution is -0.136. The number of hydrogen-bond donors (Lipinski definition) is 2. The number of nitrogens with two attached hydrogens (primary N) is 1. The first-order chi connectivity index (χ1) is 13.5. The second-order valence-corrected chi connectivity index (χ2v) is 8.14. The van der Waals surface area contributed by atoms with Crippen LogP contribution in [0.25, 0.3) is 0 Å². The van der Waals surface area contributed by atoms with Crippen LogP contribution in [0.1, 0.15) is 53.6 Å². The average molecular weight is 385 g/mol. The summed E-state index contributed by atoms with van der Waals surface area (Å²) in [5.41, 5.74) is 9.16. The summed E-state index contributed by atoms with van der Waals surface area (Å²) in [5.74, 6) is -0.424. The molecule has 1 unspecified atom stereocenters. The average Bonchev–Trinajstić information content (AvgIpc) is 2.99. The molecule has 1 aromatic rings. The zero-order chi connectivity index (χ0) is 19.8. The zero-order valence-electron chi connectivity index (χ0n) is 16.1. The van der Waals surface area contributed by atoms with Crippen LogP contribution in [0.4, 0.5) is 0 Å². The van der Waals surface area contributed by atoms with Gasteiger partial charge in [0.15, 0.2) is 0 Å². The van der Waals surface area contributed by atoms with Crippen LogP contribution in [0.2, 0.25) is 0 Å². The molecule has 7 heteroatoms. The fourth-order valence-electron chi connectivity index (χ4n) is 4.84. The Labute approximate surface area is 164 Å². The van der Waals surface area contributed by atoms with Gasteiger partial charge in [-0.2, -0.15) is 0 Å². The van der Waals surface area contributed by atoms with Crippen LogP contribution in [-0.2, 0) is 27.3 Å². The van der Waals surface area contributed by atoms with Crippen LogP contribution in [0.3, 0.4) is 0 Å². The van der Waals surface area contributed by atoms with E-state index in [1.54, 1.807) is 12.0 Å². The normalized spacial score (nSPS) is 30.4. The minimum Gasteiger partial charge on any atom is -0.380 e. The molecule has 1 saturated carbocycles. The largest absolute Gasteiger partial charge is 0.380 e. The lowest BCUT2D eigenvalue weighted by atomic mass is 9.79. The Morgan fingerprint density at radius 1 is 1.21 bits per heavy atom. The highest BCUT2D eigenvalue weighted by Crippen LogP contribution is 2.31. The third-order valence-electron chi connectivity index (χ3n) is 6.43. The highest BCUT2D eigenvalue weighted by Gasteiger charge is 2.39. The quantitative estimate of drug-likeness (QED) is 0.757. The number of benzene rings is 1. The number of fused-ring (bicyclic) bond motifs is 1. The van der Waals surface area contributed by atoms with Crippen LogP contribution in [0.15, 0.2) is 18.2 Å². The smallest absolute Gasteiger partial charge is 0.255 e. The number of carbonyl (C=O) groups is 3. The summed E-state index contributed by atoms with van der Waals surface area (Å²) >= 11 is 0. The number of methoxy groups -OCH3 is 1. The van der Waals surface area contributed by atoms with Crippen LogP contribution in [0.5, 0.6) is 0 Å². The zero-order valence-corrected chi connectivity index (χ0v) is 16.1. The predicted molar refractivity (Wildman–Crippen MR) is 102 cm³/mol. The minimum absolute atomic E-state index is 0.0219. The second-order valence-electron chi connectivity index (χ2n) is 8.14. The van der Waals surface area contributed by atoms with E-state index in [4.69, 9.17) is 10.5 Å². The maximum Gasteiger partial charge on any atom is 0.255 e. The lowest BCUT2D eigenvalue weighted by Gasteiger charge is -2.35. The standard InChI is InChI=1S/C21H27N3O4/c1-28-17-4-2-3-13(19(17)22)9-12-5-6-15-14(10-12)11-24(21(15)27)16-7-8-18(25)23-20(16)26/h5-6,10,13,16-17,19H,2-4,7-9,11,22H2,1H3,(H,23,25,26)/t13-,16?,17-,19-/m1/s1. The summed E-state index contributed by atoms with van der Waals surface area (Å²) in [6, 6.07) is 5.38. The van der Waals surface area contributed by atoms with E-state index < -0.39 is 6.04 Å². The van der Waals surface area contributed by atoms with Crippen molar-refractivity contribution in [1.29, 1.82) is 0 Å². The van der Waals surface area contributed by atoms with Crippen molar-refractivity contribution >= 4 is 17.7 Å². The summed E-state index contributed by atoms with van der Waals surface area (Å²) in [6.07, 6.45) is 4.82. The third-order valence-corrected chi connectivity index (χ3v) is 6.43. The first-order valence-corrected chi connectivity index (χ1v) is 10.0. The molecule has 2 aliphatic heterocycles. The molecule has 1 aliphatic carbocycles. The number of ether oxygens (including phenoxy) is 1. The Hall–Kier alpha value is -2.25. The van der Waals surface area contributed by atoms with E-state index in [0.717, 1.165) is 36.8 Å². The maximum absolute atomic E-state index is 12.8. The van der Waals surface area contributed by atoms with Crippen LogP contribution in [-0.4, -0.2) is 47.9 Å². The summed E-state index contributed by atoms with van der Waals surface area (Å²) < 4.78 is 5.52. The fraction of sp³-hybridized carbons (Fsp3) is 0.571. The van der Waals surface area contributed by atoms with Gasteiger partial charge in [-0.25, -0.2) is 0 Å². The molecule has 7 nitrogen and oxygen atoms in total. The molecule has 2 fully saturated rings. The van der Waals surface area contributed by atoms with Gasteiger partial charge in [-0.3, -0.25) is 19.7 Å². The number of piperidine rings is 1. The van der Waals surface area contributed by atoms with E-state index in [-0.39, 0.29) is 36.3 Å². The Bertz CT molecular complexity index is 809. The van der Waals surface area contributed by atoms with E-state index in [9.17, 15) is 14.4 Å². The molecule has 3 N–H and O–H groups in total. The Morgan fingerprint density at radius 3 is 2.79 bits per heavy atom. The highest BCUT2D eigenvalue weighted by molar-refractivity contribution is 6.05. The van der Waals surface area contributed by atoms with Crippen molar-refractivity contribution in [1.82, 2.24) is 10.2 Å². The predicted octanol–water partition coefficient (Wildman–Crippen LogP) is 1.13. The van der Waals surface area contributed by atoms with Gasteiger partial charge in [-0.05, 0) is 48.8 Å². The molecule has 1 aromatic carbocycles. The molecule has 3 amide bonds. The lowest BCUT2D eigenvalue weighted by Crippen LogP contribution is -2.52. The molecular formula is C21H27N3O4. The van der Waals surface area contributed by atoms with E-state index in [1.807, 2.05) is 12.1 Å². The molecular weight excluding hydrogens is 358 g/mol. The summed E-state index contributed by atoms with van der Waals surface area (Å²) in [5, 5.41) is 2.34. The van der Waals surface area contributed by atoms with Gasteiger partial charge in [0.2, 0.25) is 11.8 Å². The number of nitrogens with zero attached hydrogens (tertiary/aromatic N) is 1. The van der Waals surface area contributed by atoms with Crippen molar-refractivity contribution in [2.75, 3.05) is 7.11 Å².